The van der Waals surface area contributed by atoms with Crippen molar-refractivity contribution in [2.24, 2.45) is 5.92 Å². The quantitative estimate of drug-likeness (QED) is 0.140. The van der Waals surface area contributed by atoms with Gasteiger partial charge in [0.2, 0.25) is 0 Å². The number of pyridine rings is 1. The van der Waals surface area contributed by atoms with Crippen molar-refractivity contribution < 1.29 is 37.3 Å². The predicted molar refractivity (Wildman–Crippen MR) is 145 cm³/mol. The molecule has 1 aromatic heterocycles. The third-order valence-corrected chi connectivity index (χ3v) is 7.43. The molecule has 216 valence electrons. The van der Waals surface area contributed by atoms with Crippen LogP contribution in [0.2, 0.25) is 10.0 Å². The van der Waals surface area contributed by atoms with Crippen LogP contribution in [0.25, 0.3) is 0 Å². The number of carbonyl (C=O) groups excluding carboxylic acids is 2. The molecule has 1 unspecified atom stereocenters. The van der Waals surface area contributed by atoms with Crippen LogP contribution < -0.4 is 19.9 Å². The lowest BCUT2D eigenvalue weighted by Crippen LogP contribution is -2.32. The maximum atomic E-state index is 13.2. The van der Waals surface area contributed by atoms with Gasteiger partial charge in [-0.05, 0) is 54.2 Å². The van der Waals surface area contributed by atoms with Crippen molar-refractivity contribution in [3.63, 3.8) is 0 Å². The standard InChI is InChI=1S/C28H25Cl2F2N3O6/c29-21-11-35(38)12-22(30)20(21)9-24(16-4-6-23(41-28(31)32)25(7-16)39-14-15-1-2-15)40-26(36)13-34-10-17-3-5-18(33)8-19(17)27(34)37/h3-8,11-12,15,24,28H,1-2,9-10,13-14,33H2. The predicted octanol–water partition coefficient (Wildman–Crippen LogP) is 5.08. The number of hydrogen-bond donors (Lipinski definition) is 1. The minimum Gasteiger partial charge on any atom is -0.619 e. The van der Waals surface area contributed by atoms with Gasteiger partial charge in [0.1, 0.15) is 22.7 Å². The highest BCUT2D eigenvalue weighted by Gasteiger charge is 2.31. The molecule has 13 heteroatoms. The Kier molecular flexibility index (Phi) is 8.37. The number of nitrogens with zero attached hydrogens (tertiary/aromatic N) is 2. The Morgan fingerprint density at radius 2 is 1.85 bits per heavy atom. The van der Waals surface area contributed by atoms with E-state index in [0.29, 0.717) is 39.6 Å². The lowest BCUT2D eigenvalue weighted by Gasteiger charge is -2.23. The van der Waals surface area contributed by atoms with Crippen LogP contribution in [-0.2, 0) is 22.5 Å². The second kappa shape index (κ2) is 12.0. The van der Waals surface area contributed by atoms with Crippen molar-refractivity contribution in [1.29, 1.82) is 0 Å². The fourth-order valence-corrected chi connectivity index (χ4v) is 5.12. The van der Waals surface area contributed by atoms with E-state index in [1.165, 1.54) is 23.1 Å². The Bertz CT molecular complexity index is 1460. The second-order valence-corrected chi connectivity index (χ2v) is 10.7. The van der Waals surface area contributed by atoms with Gasteiger partial charge in [-0.25, -0.2) is 0 Å². The molecule has 1 fully saturated rings. The van der Waals surface area contributed by atoms with E-state index >= 15 is 0 Å². The third-order valence-electron chi connectivity index (χ3n) is 6.78. The number of ether oxygens (including phenoxy) is 3. The molecule has 1 atom stereocenters. The Balaban J connectivity index is 1.41. The smallest absolute Gasteiger partial charge is 0.387 e. The number of benzene rings is 2. The highest BCUT2D eigenvalue weighted by atomic mass is 35.5. The summed E-state index contributed by atoms with van der Waals surface area (Å²) in [6.45, 7) is -2.92. The molecular weight excluding hydrogens is 583 g/mol. The first-order valence-corrected chi connectivity index (χ1v) is 13.5. The molecule has 0 bridgehead atoms. The minimum absolute atomic E-state index is 0.0409. The van der Waals surface area contributed by atoms with E-state index < -0.39 is 18.7 Å². The zero-order valence-corrected chi connectivity index (χ0v) is 23.0. The molecule has 1 aliphatic carbocycles. The van der Waals surface area contributed by atoms with E-state index in [1.807, 2.05) is 0 Å². The molecule has 1 aliphatic heterocycles. The van der Waals surface area contributed by atoms with Crippen molar-refractivity contribution in [2.45, 2.75) is 38.5 Å². The Morgan fingerprint density at radius 3 is 2.54 bits per heavy atom. The highest BCUT2D eigenvalue weighted by Crippen LogP contribution is 2.38. The number of fused-ring (bicyclic) bond motifs is 1. The number of halogens is 4. The molecule has 1 amide bonds. The van der Waals surface area contributed by atoms with E-state index in [0.717, 1.165) is 30.8 Å². The lowest BCUT2D eigenvalue weighted by atomic mass is 10.0. The maximum Gasteiger partial charge on any atom is 0.387 e. The first kappa shape index (κ1) is 28.7. The van der Waals surface area contributed by atoms with E-state index in [9.17, 15) is 23.6 Å². The molecule has 0 spiro atoms. The number of anilines is 1. The summed E-state index contributed by atoms with van der Waals surface area (Å²) in [7, 11) is 0. The fraction of sp³-hybridized carbons (Fsp3) is 0.321. The summed E-state index contributed by atoms with van der Waals surface area (Å²) in [6.07, 6.45) is 3.06. The maximum absolute atomic E-state index is 13.2. The van der Waals surface area contributed by atoms with Crippen LogP contribution in [0.5, 0.6) is 11.5 Å². The normalized spacial score (nSPS) is 15.1. The summed E-state index contributed by atoms with van der Waals surface area (Å²) in [5.41, 5.74) is 8.07. The molecule has 0 radical (unpaired) electrons. The van der Waals surface area contributed by atoms with Crippen LogP contribution >= 0.6 is 23.2 Å². The number of nitrogens with two attached hydrogens (primary N) is 1. The number of amides is 1. The van der Waals surface area contributed by atoms with Crippen LogP contribution in [-0.4, -0.2) is 36.5 Å². The van der Waals surface area contributed by atoms with Crippen molar-refractivity contribution in [1.82, 2.24) is 4.90 Å². The topological polar surface area (TPSA) is 118 Å². The highest BCUT2D eigenvalue weighted by molar-refractivity contribution is 6.35. The lowest BCUT2D eigenvalue weighted by molar-refractivity contribution is -0.605. The van der Waals surface area contributed by atoms with Crippen molar-refractivity contribution in [2.75, 3.05) is 18.9 Å². The number of nitrogen functional groups attached to an aromatic ring is 1. The van der Waals surface area contributed by atoms with Crippen LogP contribution in [0.1, 0.15) is 46.0 Å². The monoisotopic (exact) mass is 607 g/mol. The number of hydrogen-bond acceptors (Lipinski definition) is 7. The SMILES string of the molecule is Nc1ccc2c(c1)C(=O)N(CC(=O)OC(Cc1c(Cl)c[n+]([O-])cc1Cl)c1ccc(OC(F)F)c(OCC3CC3)c1)C2. The minimum atomic E-state index is -3.07. The Morgan fingerprint density at radius 1 is 1.12 bits per heavy atom. The van der Waals surface area contributed by atoms with Crippen molar-refractivity contribution in [3.05, 3.63) is 86.3 Å². The van der Waals surface area contributed by atoms with E-state index in [4.69, 9.17) is 38.4 Å². The Labute approximate surface area is 243 Å². The molecule has 3 aromatic rings. The average Bonchev–Trinajstić information content (AvgIpc) is 3.69. The summed E-state index contributed by atoms with van der Waals surface area (Å²) in [6, 6.07) is 9.17. The van der Waals surface area contributed by atoms with Crippen LogP contribution in [0.3, 0.4) is 0 Å². The van der Waals surface area contributed by atoms with Crippen LogP contribution in [0, 0.1) is 11.1 Å². The van der Waals surface area contributed by atoms with Gasteiger partial charge in [0.05, 0.1) is 6.61 Å². The van der Waals surface area contributed by atoms with Gasteiger partial charge in [0.15, 0.2) is 23.9 Å². The van der Waals surface area contributed by atoms with Gasteiger partial charge in [-0.1, -0.05) is 35.3 Å². The largest absolute Gasteiger partial charge is 0.619 e. The third kappa shape index (κ3) is 6.91. The first-order chi connectivity index (χ1) is 19.6. The Hall–Kier alpha value is -3.83. The summed E-state index contributed by atoms with van der Waals surface area (Å²) >= 11 is 12.6. The van der Waals surface area contributed by atoms with E-state index in [-0.39, 0.29) is 47.0 Å². The molecule has 9 nitrogen and oxygen atoms in total. The number of rotatable bonds is 11. The first-order valence-electron chi connectivity index (χ1n) is 12.7. The molecule has 1 saturated carbocycles. The zero-order valence-electron chi connectivity index (χ0n) is 21.5. The molecule has 2 N–H and O–H groups in total. The van der Waals surface area contributed by atoms with Gasteiger partial charge >= 0.3 is 12.6 Å². The van der Waals surface area contributed by atoms with Crippen molar-refractivity contribution >= 4 is 40.8 Å². The molecule has 5 rings (SSSR count). The molecule has 41 heavy (non-hydrogen) atoms. The summed E-state index contributed by atoms with van der Waals surface area (Å²) in [5, 5.41) is 11.8. The molecule has 0 saturated heterocycles. The number of alkyl halides is 2. The van der Waals surface area contributed by atoms with Gasteiger partial charge in [0.25, 0.3) is 5.91 Å². The van der Waals surface area contributed by atoms with E-state index in [2.05, 4.69) is 4.74 Å². The van der Waals surface area contributed by atoms with Crippen LogP contribution in [0.4, 0.5) is 14.5 Å². The fourth-order valence-electron chi connectivity index (χ4n) is 4.52. The molecule has 2 aliphatic rings. The van der Waals surface area contributed by atoms with Gasteiger partial charge in [0, 0.05) is 29.8 Å². The van der Waals surface area contributed by atoms with E-state index in [1.54, 1.807) is 18.2 Å². The van der Waals surface area contributed by atoms with Crippen LogP contribution in [0.15, 0.2) is 48.8 Å². The van der Waals surface area contributed by atoms with Gasteiger partial charge < -0.3 is 30.1 Å². The van der Waals surface area contributed by atoms with Crippen molar-refractivity contribution in [3.8, 4) is 11.5 Å². The van der Waals surface area contributed by atoms with Gasteiger partial charge in [-0.2, -0.15) is 13.5 Å². The average molecular weight is 608 g/mol. The number of aromatic nitrogens is 1. The number of carbonyl (C=O) groups is 2. The molecular formula is C28H25Cl2F2N3O6. The second-order valence-electron chi connectivity index (χ2n) is 9.89. The van der Waals surface area contributed by atoms with Gasteiger partial charge in [-0.15, -0.1) is 0 Å². The number of esters is 1. The summed E-state index contributed by atoms with van der Waals surface area (Å²) in [5.74, 6) is -0.887. The zero-order chi connectivity index (χ0) is 29.3. The van der Waals surface area contributed by atoms with Gasteiger partial charge in [-0.3, -0.25) is 9.59 Å². The molecule has 2 heterocycles. The molecule has 2 aromatic carbocycles. The summed E-state index contributed by atoms with van der Waals surface area (Å²) in [4.78, 5) is 27.4. The summed E-state index contributed by atoms with van der Waals surface area (Å²) < 4.78 is 42.8.